The lowest BCUT2D eigenvalue weighted by atomic mass is 10.1. The van der Waals surface area contributed by atoms with Crippen molar-refractivity contribution in [2.45, 2.75) is 13.3 Å². The first-order valence-corrected chi connectivity index (χ1v) is 6.35. The van der Waals surface area contributed by atoms with E-state index in [9.17, 15) is 4.79 Å². The Balaban J connectivity index is 2.05. The largest absolute Gasteiger partial charge is 0.330 e. The van der Waals surface area contributed by atoms with Crippen molar-refractivity contribution in [3.05, 3.63) is 42.7 Å². The summed E-state index contributed by atoms with van der Waals surface area (Å²) in [6, 6.07) is 9.40. The van der Waals surface area contributed by atoms with Gasteiger partial charge in [-0.05, 0) is 36.8 Å². The maximum Gasteiger partial charge on any atom is 0.228 e. The molecule has 0 radical (unpaired) electrons. The topological polar surface area (TPSA) is 72.9 Å². The van der Waals surface area contributed by atoms with Crippen molar-refractivity contribution in [3.8, 4) is 5.69 Å². The quantitative estimate of drug-likeness (QED) is 0.858. The number of aromatic nitrogens is 2. The van der Waals surface area contributed by atoms with Gasteiger partial charge in [-0.1, -0.05) is 6.92 Å². The van der Waals surface area contributed by atoms with Gasteiger partial charge in [0.15, 0.2) is 0 Å². The minimum atomic E-state index is -0.134. The molecule has 1 aromatic heterocycles. The maximum absolute atomic E-state index is 11.9. The first-order chi connectivity index (χ1) is 9.24. The molecule has 2 rings (SSSR count). The molecule has 0 spiro atoms. The van der Waals surface area contributed by atoms with Crippen LogP contribution in [0, 0.1) is 5.92 Å². The van der Waals surface area contributed by atoms with Gasteiger partial charge in [0.2, 0.25) is 5.91 Å². The third-order valence-electron chi connectivity index (χ3n) is 3.05. The highest BCUT2D eigenvalue weighted by atomic mass is 16.1. The number of rotatable bonds is 5. The third kappa shape index (κ3) is 3.20. The monoisotopic (exact) mass is 258 g/mol. The summed E-state index contributed by atoms with van der Waals surface area (Å²) < 4.78 is 1.76. The summed E-state index contributed by atoms with van der Waals surface area (Å²) in [7, 11) is 0. The van der Waals surface area contributed by atoms with E-state index in [1.807, 2.05) is 43.5 Å². The molecule has 0 aliphatic rings. The summed E-state index contributed by atoms with van der Waals surface area (Å²) in [4.78, 5) is 11.9. The Labute approximate surface area is 112 Å². The van der Waals surface area contributed by atoms with E-state index in [0.29, 0.717) is 6.54 Å². The van der Waals surface area contributed by atoms with Crippen molar-refractivity contribution in [3.63, 3.8) is 0 Å². The van der Waals surface area contributed by atoms with Gasteiger partial charge < -0.3 is 11.1 Å². The van der Waals surface area contributed by atoms with Crippen LogP contribution in [0.3, 0.4) is 0 Å². The number of amides is 1. The van der Waals surface area contributed by atoms with E-state index >= 15 is 0 Å². The molecular formula is C14H18N4O. The number of hydrogen-bond donors (Lipinski definition) is 2. The first kappa shape index (κ1) is 13.3. The Kier molecular flexibility index (Phi) is 4.30. The van der Waals surface area contributed by atoms with Gasteiger partial charge in [-0.3, -0.25) is 4.79 Å². The second-order valence-electron chi connectivity index (χ2n) is 4.33. The fourth-order valence-corrected chi connectivity index (χ4v) is 1.82. The lowest BCUT2D eigenvalue weighted by Gasteiger charge is -2.12. The van der Waals surface area contributed by atoms with Crippen LogP contribution >= 0.6 is 0 Å². The van der Waals surface area contributed by atoms with Crippen molar-refractivity contribution in [2.24, 2.45) is 11.7 Å². The van der Waals surface area contributed by atoms with Crippen molar-refractivity contribution < 1.29 is 4.79 Å². The lowest BCUT2D eigenvalue weighted by Crippen LogP contribution is -2.28. The van der Waals surface area contributed by atoms with E-state index in [4.69, 9.17) is 5.73 Å². The molecule has 0 saturated heterocycles. The van der Waals surface area contributed by atoms with Crippen molar-refractivity contribution >= 4 is 11.6 Å². The second-order valence-corrected chi connectivity index (χ2v) is 4.33. The molecule has 1 amide bonds. The van der Waals surface area contributed by atoms with E-state index in [-0.39, 0.29) is 11.8 Å². The zero-order valence-corrected chi connectivity index (χ0v) is 10.9. The molecule has 0 saturated carbocycles. The SMILES string of the molecule is CCC(CN)C(=O)Nc1ccc(-n2cccn2)cc1. The Morgan fingerprint density at radius 2 is 2.16 bits per heavy atom. The molecule has 0 aliphatic heterocycles. The molecule has 5 heteroatoms. The van der Waals surface area contributed by atoms with E-state index in [1.165, 1.54) is 0 Å². The molecule has 100 valence electrons. The minimum absolute atomic E-state index is 0.0307. The highest BCUT2D eigenvalue weighted by Crippen LogP contribution is 2.14. The van der Waals surface area contributed by atoms with Gasteiger partial charge in [0.05, 0.1) is 11.6 Å². The van der Waals surface area contributed by atoms with Crippen LogP contribution in [-0.2, 0) is 4.79 Å². The highest BCUT2D eigenvalue weighted by Gasteiger charge is 2.14. The zero-order chi connectivity index (χ0) is 13.7. The van der Waals surface area contributed by atoms with Crippen LogP contribution in [0.5, 0.6) is 0 Å². The summed E-state index contributed by atoms with van der Waals surface area (Å²) in [5.41, 5.74) is 7.28. The Morgan fingerprint density at radius 1 is 1.42 bits per heavy atom. The van der Waals surface area contributed by atoms with Crippen LogP contribution in [0.2, 0.25) is 0 Å². The van der Waals surface area contributed by atoms with Crippen LogP contribution in [0.1, 0.15) is 13.3 Å². The number of benzene rings is 1. The van der Waals surface area contributed by atoms with E-state index in [0.717, 1.165) is 17.8 Å². The van der Waals surface area contributed by atoms with Gasteiger partial charge in [-0.15, -0.1) is 0 Å². The predicted octanol–water partition coefficient (Wildman–Crippen LogP) is 1.80. The van der Waals surface area contributed by atoms with Crippen LogP contribution in [0.4, 0.5) is 5.69 Å². The first-order valence-electron chi connectivity index (χ1n) is 6.35. The average Bonchev–Trinajstić information content (AvgIpc) is 2.95. The molecular weight excluding hydrogens is 240 g/mol. The van der Waals surface area contributed by atoms with Gasteiger partial charge in [0, 0.05) is 24.6 Å². The van der Waals surface area contributed by atoms with Crippen LogP contribution in [0.25, 0.3) is 5.69 Å². The van der Waals surface area contributed by atoms with Gasteiger partial charge in [0.25, 0.3) is 0 Å². The van der Waals surface area contributed by atoms with Crippen molar-refractivity contribution in [2.75, 3.05) is 11.9 Å². The molecule has 1 atom stereocenters. The molecule has 2 aromatic rings. The lowest BCUT2D eigenvalue weighted by molar-refractivity contribution is -0.119. The summed E-state index contributed by atoms with van der Waals surface area (Å²) in [6.45, 7) is 2.33. The van der Waals surface area contributed by atoms with E-state index in [1.54, 1.807) is 10.9 Å². The second kappa shape index (κ2) is 6.15. The fraction of sp³-hybridized carbons (Fsp3) is 0.286. The molecule has 1 unspecified atom stereocenters. The molecule has 5 nitrogen and oxygen atoms in total. The average molecular weight is 258 g/mol. The smallest absolute Gasteiger partial charge is 0.228 e. The summed E-state index contributed by atoms with van der Waals surface area (Å²) in [5.74, 6) is -0.164. The molecule has 19 heavy (non-hydrogen) atoms. The van der Waals surface area contributed by atoms with Gasteiger partial charge >= 0.3 is 0 Å². The molecule has 0 aliphatic carbocycles. The molecule has 0 bridgehead atoms. The molecule has 1 heterocycles. The highest BCUT2D eigenvalue weighted by molar-refractivity contribution is 5.92. The van der Waals surface area contributed by atoms with E-state index in [2.05, 4.69) is 10.4 Å². The van der Waals surface area contributed by atoms with Crippen LogP contribution < -0.4 is 11.1 Å². The van der Waals surface area contributed by atoms with Gasteiger partial charge in [-0.2, -0.15) is 5.10 Å². The molecule has 1 aromatic carbocycles. The normalized spacial score (nSPS) is 12.1. The molecule has 3 N–H and O–H groups in total. The fourth-order valence-electron chi connectivity index (χ4n) is 1.82. The van der Waals surface area contributed by atoms with Crippen LogP contribution in [-0.4, -0.2) is 22.2 Å². The minimum Gasteiger partial charge on any atom is -0.330 e. The number of nitrogens with zero attached hydrogens (tertiary/aromatic N) is 2. The number of nitrogens with two attached hydrogens (primary N) is 1. The standard InChI is InChI=1S/C14H18N4O/c1-2-11(10-15)14(19)17-12-4-6-13(7-5-12)18-9-3-8-16-18/h3-9,11H,2,10,15H2,1H3,(H,17,19). The van der Waals surface area contributed by atoms with E-state index < -0.39 is 0 Å². The number of carbonyl (C=O) groups is 1. The third-order valence-corrected chi connectivity index (χ3v) is 3.05. The van der Waals surface area contributed by atoms with Crippen molar-refractivity contribution in [1.29, 1.82) is 0 Å². The maximum atomic E-state index is 11.9. The summed E-state index contributed by atoms with van der Waals surface area (Å²) in [5, 5.41) is 7.01. The van der Waals surface area contributed by atoms with Gasteiger partial charge in [-0.25, -0.2) is 4.68 Å². The predicted molar refractivity (Wildman–Crippen MR) is 75.0 cm³/mol. The Morgan fingerprint density at radius 3 is 2.68 bits per heavy atom. The van der Waals surface area contributed by atoms with Crippen LogP contribution in [0.15, 0.2) is 42.7 Å². The van der Waals surface area contributed by atoms with Gasteiger partial charge in [0.1, 0.15) is 0 Å². The zero-order valence-electron chi connectivity index (χ0n) is 10.9. The number of nitrogens with one attached hydrogen (secondary N) is 1. The number of hydrogen-bond acceptors (Lipinski definition) is 3. The summed E-state index contributed by atoms with van der Waals surface area (Å²) in [6.07, 6.45) is 4.34. The number of carbonyl (C=O) groups excluding carboxylic acids is 1. The Hall–Kier alpha value is -2.14. The Bertz CT molecular complexity index is 515. The number of anilines is 1. The molecule has 0 fully saturated rings. The van der Waals surface area contributed by atoms with Crippen molar-refractivity contribution in [1.82, 2.24) is 9.78 Å². The summed E-state index contributed by atoms with van der Waals surface area (Å²) >= 11 is 0.